The van der Waals surface area contributed by atoms with Gasteiger partial charge >= 0.3 is 0 Å². The lowest BCUT2D eigenvalue weighted by Crippen LogP contribution is -2.24. The SMILES string of the molecule is Fc1c(-c2cncc(CN3CCC(F)(F)C3)c2)ncc2[nH]nc(-c3nc4nccc(-c5ccoc5)c4[nH]3)c12. The van der Waals surface area contributed by atoms with Gasteiger partial charge in [-0.05, 0) is 23.8 Å². The molecule has 0 radical (unpaired) electrons. The van der Waals surface area contributed by atoms with Crippen molar-refractivity contribution in [2.45, 2.75) is 18.9 Å². The van der Waals surface area contributed by atoms with Crippen molar-refractivity contribution in [2.75, 3.05) is 13.1 Å². The molecule has 0 amide bonds. The molecule has 9 nitrogen and oxygen atoms in total. The second kappa shape index (κ2) is 8.48. The van der Waals surface area contributed by atoms with E-state index in [1.165, 1.54) is 12.4 Å². The van der Waals surface area contributed by atoms with E-state index in [0.717, 1.165) is 11.1 Å². The van der Waals surface area contributed by atoms with E-state index in [4.69, 9.17) is 4.42 Å². The van der Waals surface area contributed by atoms with Gasteiger partial charge in [0.15, 0.2) is 17.3 Å². The number of hydrogen-bond acceptors (Lipinski definition) is 7. The number of likely N-dealkylation sites (tertiary alicyclic amines) is 1. The van der Waals surface area contributed by atoms with Crippen LogP contribution in [-0.2, 0) is 6.54 Å². The first-order valence-corrected chi connectivity index (χ1v) is 11.9. The van der Waals surface area contributed by atoms with Crippen molar-refractivity contribution in [3.8, 4) is 33.9 Å². The number of H-pyrrole nitrogens is 2. The summed E-state index contributed by atoms with van der Waals surface area (Å²) >= 11 is 0. The van der Waals surface area contributed by atoms with Crippen LogP contribution in [0.25, 0.3) is 56.0 Å². The van der Waals surface area contributed by atoms with E-state index in [-0.39, 0.29) is 29.7 Å². The molecule has 6 aromatic heterocycles. The molecule has 0 spiro atoms. The molecule has 1 saturated heterocycles. The highest BCUT2D eigenvalue weighted by Crippen LogP contribution is 2.34. The van der Waals surface area contributed by atoms with Crippen molar-refractivity contribution in [2.24, 2.45) is 0 Å². The standard InChI is InChI=1S/C26H19F3N8O/c27-20-19-18(10-32-21(20)16-7-14(8-30-9-16)11-37-5-3-26(28,29)13-37)35-36-23(19)25-33-22-17(15-2-6-38-12-15)1-4-31-24(22)34-25/h1-2,4,6-10,12H,3,5,11,13H2,(H,35,36)(H,31,33,34). The maximum absolute atomic E-state index is 16.0. The van der Waals surface area contributed by atoms with Crippen LogP contribution in [0.1, 0.15) is 12.0 Å². The smallest absolute Gasteiger partial charge is 0.261 e. The average molecular weight is 516 g/mol. The topological polar surface area (TPSA) is 112 Å². The third-order valence-electron chi connectivity index (χ3n) is 6.72. The molecule has 2 N–H and O–H groups in total. The average Bonchev–Trinajstić information content (AvgIpc) is 3.70. The van der Waals surface area contributed by atoms with Crippen molar-refractivity contribution in [1.82, 2.24) is 40.0 Å². The minimum absolute atomic E-state index is 0.0783. The Hall–Kier alpha value is -4.58. The van der Waals surface area contributed by atoms with Crippen LogP contribution >= 0.6 is 0 Å². The summed E-state index contributed by atoms with van der Waals surface area (Å²) in [6, 6.07) is 5.39. The van der Waals surface area contributed by atoms with Crippen LogP contribution in [0.15, 0.2) is 59.9 Å². The second-order valence-electron chi connectivity index (χ2n) is 9.33. The highest BCUT2D eigenvalue weighted by atomic mass is 19.3. The molecule has 7 heterocycles. The summed E-state index contributed by atoms with van der Waals surface area (Å²) in [6.07, 6.45) is 9.26. The fraction of sp³-hybridized carbons (Fsp3) is 0.192. The van der Waals surface area contributed by atoms with E-state index in [1.807, 2.05) is 12.1 Å². The maximum atomic E-state index is 16.0. The first-order valence-electron chi connectivity index (χ1n) is 11.9. The van der Waals surface area contributed by atoms with Gasteiger partial charge in [-0.1, -0.05) is 0 Å². The van der Waals surface area contributed by atoms with Crippen molar-refractivity contribution in [3.05, 3.63) is 66.9 Å². The lowest BCUT2D eigenvalue weighted by atomic mass is 10.1. The molecule has 38 heavy (non-hydrogen) atoms. The molecule has 0 atom stereocenters. The number of pyridine rings is 3. The number of rotatable bonds is 5. The van der Waals surface area contributed by atoms with Crippen molar-refractivity contribution >= 4 is 22.1 Å². The lowest BCUT2D eigenvalue weighted by molar-refractivity contribution is 0.0115. The molecule has 0 aliphatic carbocycles. The molecule has 12 heteroatoms. The fourth-order valence-electron chi connectivity index (χ4n) is 4.93. The number of furan rings is 1. The fourth-order valence-corrected chi connectivity index (χ4v) is 4.93. The summed E-state index contributed by atoms with van der Waals surface area (Å²) in [5.74, 6) is -2.94. The number of aromatic amines is 2. The van der Waals surface area contributed by atoms with Crippen LogP contribution in [0.4, 0.5) is 13.2 Å². The van der Waals surface area contributed by atoms with Gasteiger partial charge in [-0.15, -0.1) is 0 Å². The first kappa shape index (κ1) is 22.6. The number of nitrogens with one attached hydrogen (secondary N) is 2. The predicted octanol–water partition coefficient (Wildman–Crippen LogP) is 5.20. The predicted molar refractivity (Wildman–Crippen MR) is 133 cm³/mol. The first-order chi connectivity index (χ1) is 18.4. The number of imidazole rings is 1. The van der Waals surface area contributed by atoms with E-state index in [9.17, 15) is 8.78 Å². The molecular formula is C26H19F3N8O. The zero-order chi connectivity index (χ0) is 25.9. The number of aromatic nitrogens is 7. The molecule has 1 aliphatic heterocycles. The summed E-state index contributed by atoms with van der Waals surface area (Å²) in [5.41, 5.74) is 4.69. The quantitative estimate of drug-likeness (QED) is 0.324. The highest BCUT2D eigenvalue weighted by Gasteiger charge is 2.38. The van der Waals surface area contributed by atoms with Crippen molar-refractivity contribution in [3.63, 3.8) is 0 Å². The number of nitrogens with zero attached hydrogens (tertiary/aromatic N) is 6. The van der Waals surface area contributed by atoms with Gasteiger partial charge in [0.05, 0.1) is 41.7 Å². The Morgan fingerprint density at radius 2 is 2.00 bits per heavy atom. The highest BCUT2D eigenvalue weighted by molar-refractivity contribution is 5.97. The molecule has 1 fully saturated rings. The van der Waals surface area contributed by atoms with Crippen LogP contribution in [0.3, 0.4) is 0 Å². The third kappa shape index (κ3) is 3.80. The third-order valence-corrected chi connectivity index (χ3v) is 6.72. The number of hydrogen-bond donors (Lipinski definition) is 2. The molecule has 190 valence electrons. The van der Waals surface area contributed by atoms with Crippen LogP contribution in [0.5, 0.6) is 0 Å². The zero-order valence-corrected chi connectivity index (χ0v) is 19.8. The molecule has 0 aromatic carbocycles. The largest absolute Gasteiger partial charge is 0.472 e. The van der Waals surface area contributed by atoms with Gasteiger partial charge in [0.2, 0.25) is 0 Å². The van der Waals surface area contributed by atoms with Gasteiger partial charge in [0.25, 0.3) is 5.92 Å². The second-order valence-corrected chi connectivity index (χ2v) is 9.33. The van der Waals surface area contributed by atoms with Crippen LogP contribution in [-0.4, -0.2) is 59.0 Å². The molecule has 0 saturated carbocycles. The summed E-state index contributed by atoms with van der Waals surface area (Å²) in [5, 5.41) is 7.34. The summed E-state index contributed by atoms with van der Waals surface area (Å²) in [6.45, 7) is 0.286. The summed E-state index contributed by atoms with van der Waals surface area (Å²) in [4.78, 5) is 22.3. The maximum Gasteiger partial charge on any atom is 0.261 e. The number of fused-ring (bicyclic) bond motifs is 2. The van der Waals surface area contributed by atoms with Crippen molar-refractivity contribution in [1.29, 1.82) is 0 Å². The van der Waals surface area contributed by atoms with E-state index in [0.29, 0.717) is 46.7 Å². The van der Waals surface area contributed by atoms with E-state index in [1.54, 1.807) is 35.9 Å². The van der Waals surface area contributed by atoms with Gasteiger partial charge in [-0.25, -0.2) is 23.1 Å². The van der Waals surface area contributed by atoms with E-state index >= 15 is 4.39 Å². The van der Waals surface area contributed by atoms with E-state index < -0.39 is 11.7 Å². The van der Waals surface area contributed by atoms with Gasteiger partial charge in [0.1, 0.15) is 11.4 Å². The molecule has 0 bridgehead atoms. The molecule has 1 aliphatic rings. The Kier molecular flexibility index (Phi) is 5.05. The molecule has 0 unspecified atom stereocenters. The van der Waals surface area contributed by atoms with E-state index in [2.05, 4.69) is 35.1 Å². The summed E-state index contributed by atoms with van der Waals surface area (Å²) < 4.78 is 48.4. The minimum Gasteiger partial charge on any atom is -0.472 e. The molecular weight excluding hydrogens is 497 g/mol. The normalized spacial score (nSPS) is 15.7. The monoisotopic (exact) mass is 516 g/mol. The van der Waals surface area contributed by atoms with Gasteiger partial charge in [-0.3, -0.25) is 20.0 Å². The number of alkyl halides is 2. The minimum atomic E-state index is -2.69. The van der Waals surface area contributed by atoms with Gasteiger partial charge in [0, 0.05) is 54.8 Å². The van der Waals surface area contributed by atoms with Crippen LogP contribution in [0.2, 0.25) is 0 Å². The summed E-state index contributed by atoms with van der Waals surface area (Å²) in [7, 11) is 0. The number of halogens is 3. The molecule has 6 aromatic rings. The van der Waals surface area contributed by atoms with Crippen LogP contribution < -0.4 is 0 Å². The Morgan fingerprint density at radius 1 is 1.08 bits per heavy atom. The Morgan fingerprint density at radius 3 is 2.82 bits per heavy atom. The van der Waals surface area contributed by atoms with Gasteiger partial charge < -0.3 is 9.40 Å². The van der Waals surface area contributed by atoms with Crippen molar-refractivity contribution < 1.29 is 17.6 Å². The molecule has 7 rings (SSSR count). The van der Waals surface area contributed by atoms with Gasteiger partial charge in [-0.2, -0.15) is 5.10 Å². The Labute approximate surface area is 212 Å². The zero-order valence-electron chi connectivity index (χ0n) is 19.8. The van der Waals surface area contributed by atoms with Crippen LogP contribution in [0, 0.1) is 5.82 Å². The Balaban J connectivity index is 1.28. The lowest BCUT2D eigenvalue weighted by Gasteiger charge is -2.15. The Bertz CT molecular complexity index is 1790.